The van der Waals surface area contributed by atoms with Crippen molar-refractivity contribution in [1.29, 1.82) is 0 Å². The second-order valence-corrected chi connectivity index (χ2v) is 7.22. The normalized spacial score (nSPS) is 17.9. The third-order valence-electron chi connectivity index (χ3n) is 5.23. The van der Waals surface area contributed by atoms with Crippen molar-refractivity contribution in [2.75, 3.05) is 36.0 Å². The van der Waals surface area contributed by atoms with Crippen molar-refractivity contribution in [3.05, 3.63) is 35.7 Å². The molecular weight excluding hydrogens is 328 g/mol. The van der Waals surface area contributed by atoms with Gasteiger partial charge in [0.15, 0.2) is 0 Å². The molecule has 8 nitrogen and oxygen atoms in total. The molecule has 0 radical (unpaired) electrons. The summed E-state index contributed by atoms with van der Waals surface area (Å²) in [5.41, 5.74) is 5.10. The quantitative estimate of drug-likeness (QED) is 0.712. The van der Waals surface area contributed by atoms with E-state index in [4.69, 9.17) is 0 Å². The largest absolute Gasteiger partial charge is 0.365 e. The summed E-state index contributed by atoms with van der Waals surface area (Å²) in [6.45, 7) is 7.70. The lowest BCUT2D eigenvalue weighted by Gasteiger charge is -2.37. The number of aryl methyl sites for hydroxylation is 2. The van der Waals surface area contributed by atoms with E-state index in [1.165, 1.54) is 12.8 Å². The minimum Gasteiger partial charge on any atom is -0.365 e. The molecule has 8 heteroatoms. The molecule has 1 aliphatic carbocycles. The zero-order valence-corrected chi connectivity index (χ0v) is 15.1. The Kier molecular flexibility index (Phi) is 3.51. The Morgan fingerprint density at radius 3 is 2.58 bits per heavy atom. The number of rotatable bonds is 3. The first-order chi connectivity index (χ1) is 12.7. The van der Waals surface area contributed by atoms with Crippen LogP contribution in [0.1, 0.15) is 35.8 Å². The van der Waals surface area contributed by atoms with Gasteiger partial charge >= 0.3 is 0 Å². The molecule has 0 bridgehead atoms. The average molecular weight is 350 g/mol. The maximum absolute atomic E-state index is 4.69. The van der Waals surface area contributed by atoms with Gasteiger partial charge < -0.3 is 9.80 Å². The van der Waals surface area contributed by atoms with E-state index in [0.29, 0.717) is 5.92 Å². The minimum absolute atomic E-state index is 0.604. The van der Waals surface area contributed by atoms with Crippen molar-refractivity contribution in [2.45, 2.75) is 32.6 Å². The molecule has 134 valence electrons. The lowest BCUT2D eigenvalue weighted by atomic mass is 10.2. The van der Waals surface area contributed by atoms with Gasteiger partial charge in [-0.2, -0.15) is 9.61 Å². The Hall–Kier alpha value is -2.77. The van der Waals surface area contributed by atoms with Crippen LogP contribution < -0.4 is 9.80 Å². The van der Waals surface area contributed by atoms with Gasteiger partial charge in [0.05, 0.1) is 22.8 Å². The summed E-state index contributed by atoms with van der Waals surface area (Å²) in [6.07, 6.45) is 6.00. The standard InChI is InChI=1S/C18H22N8/c1-12-10-19-13(2)17(21-12)25-7-5-24(6-8-25)16-9-15(14-3-4-14)23-26-11-20-22-18(16)26/h9-11,14H,3-8H2,1-2H3. The molecule has 1 saturated carbocycles. The zero-order chi connectivity index (χ0) is 17.7. The Morgan fingerprint density at radius 1 is 1.04 bits per heavy atom. The van der Waals surface area contributed by atoms with E-state index >= 15 is 0 Å². The molecule has 4 heterocycles. The number of hydrogen-bond donors (Lipinski definition) is 0. The van der Waals surface area contributed by atoms with Gasteiger partial charge in [-0.3, -0.25) is 4.98 Å². The van der Waals surface area contributed by atoms with Crippen LogP contribution in [0, 0.1) is 13.8 Å². The fourth-order valence-corrected chi connectivity index (χ4v) is 3.62. The number of aromatic nitrogens is 6. The van der Waals surface area contributed by atoms with Crippen LogP contribution in [0.5, 0.6) is 0 Å². The second-order valence-electron chi connectivity index (χ2n) is 7.22. The average Bonchev–Trinajstić information content (AvgIpc) is 3.41. The first-order valence-electron chi connectivity index (χ1n) is 9.20. The fraction of sp³-hybridized carbons (Fsp3) is 0.500. The molecule has 26 heavy (non-hydrogen) atoms. The molecule has 2 fully saturated rings. The van der Waals surface area contributed by atoms with Gasteiger partial charge in [0.2, 0.25) is 5.65 Å². The molecular formula is C18H22N8. The smallest absolute Gasteiger partial charge is 0.200 e. The van der Waals surface area contributed by atoms with Gasteiger partial charge in [0, 0.05) is 38.3 Å². The predicted molar refractivity (Wildman–Crippen MR) is 98.7 cm³/mol. The van der Waals surface area contributed by atoms with Gasteiger partial charge in [-0.15, -0.1) is 10.2 Å². The van der Waals surface area contributed by atoms with Gasteiger partial charge in [-0.05, 0) is 32.8 Å². The Labute approximate surface area is 151 Å². The summed E-state index contributed by atoms with van der Waals surface area (Å²) in [7, 11) is 0. The molecule has 2 aliphatic rings. The van der Waals surface area contributed by atoms with Crippen molar-refractivity contribution < 1.29 is 0 Å². The van der Waals surface area contributed by atoms with Crippen LogP contribution in [0.15, 0.2) is 18.6 Å². The molecule has 0 spiro atoms. The van der Waals surface area contributed by atoms with Crippen LogP contribution >= 0.6 is 0 Å². The third kappa shape index (κ3) is 2.65. The summed E-state index contributed by atoms with van der Waals surface area (Å²) in [5, 5.41) is 13.0. The molecule has 0 aromatic carbocycles. The van der Waals surface area contributed by atoms with Crippen molar-refractivity contribution in [2.24, 2.45) is 0 Å². The van der Waals surface area contributed by atoms with Crippen LogP contribution in [0.2, 0.25) is 0 Å². The summed E-state index contributed by atoms with van der Waals surface area (Å²) in [5.74, 6) is 1.61. The van der Waals surface area contributed by atoms with Crippen molar-refractivity contribution in [1.82, 2.24) is 29.8 Å². The SMILES string of the molecule is Cc1cnc(C)c(N2CCN(c3cc(C4CC4)nn4cnnc34)CC2)n1. The molecule has 5 rings (SSSR count). The zero-order valence-electron chi connectivity index (χ0n) is 15.1. The highest BCUT2D eigenvalue weighted by molar-refractivity contribution is 5.69. The molecule has 0 amide bonds. The van der Waals surface area contributed by atoms with Gasteiger partial charge in [-0.1, -0.05) is 0 Å². The predicted octanol–water partition coefficient (Wildman–Crippen LogP) is 1.74. The summed E-state index contributed by atoms with van der Waals surface area (Å²) < 4.78 is 1.82. The second kappa shape index (κ2) is 5.89. The third-order valence-corrected chi connectivity index (χ3v) is 5.23. The first-order valence-corrected chi connectivity index (χ1v) is 9.20. The molecule has 1 saturated heterocycles. The van der Waals surface area contributed by atoms with E-state index in [0.717, 1.165) is 60.4 Å². The number of anilines is 2. The van der Waals surface area contributed by atoms with Crippen LogP contribution in [0.4, 0.5) is 11.5 Å². The van der Waals surface area contributed by atoms with Crippen LogP contribution in [0.3, 0.4) is 0 Å². The van der Waals surface area contributed by atoms with Gasteiger partial charge in [-0.25, -0.2) is 4.98 Å². The van der Waals surface area contributed by atoms with Crippen molar-refractivity contribution in [3.8, 4) is 0 Å². The monoisotopic (exact) mass is 350 g/mol. The van der Waals surface area contributed by atoms with E-state index in [1.54, 1.807) is 6.33 Å². The van der Waals surface area contributed by atoms with Crippen molar-refractivity contribution >= 4 is 17.2 Å². The van der Waals surface area contributed by atoms with Crippen LogP contribution in [-0.4, -0.2) is 56.0 Å². The minimum atomic E-state index is 0.604. The Bertz CT molecular complexity index is 953. The van der Waals surface area contributed by atoms with Gasteiger partial charge in [0.25, 0.3) is 0 Å². The molecule has 0 N–H and O–H groups in total. The summed E-state index contributed by atoms with van der Waals surface area (Å²) >= 11 is 0. The lowest BCUT2D eigenvalue weighted by Crippen LogP contribution is -2.47. The highest BCUT2D eigenvalue weighted by Gasteiger charge is 2.28. The fourth-order valence-electron chi connectivity index (χ4n) is 3.62. The molecule has 0 unspecified atom stereocenters. The molecule has 0 atom stereocenters. The van der Waals surface area contributed by atoms with Crippen molar-refractivity contribution in [3.63, 3.8) is 0 Å². The Balaban J connectivity index is 1.41. The first kappa shape index (κ1) is 15.5. The number of hydrogen-bond acceptors (Lipinski definition) is 7. The van der Waals surface area contributed by atoms with Crippen LogP contribution in [0.25, 0.3) is 5.65 Å². The molecule has 3 aromatic rings. The maximum Gasteiger partial charge on any atom is 0.200 e. The Morgan fingerprint density at radius 2 is 1.81 bits per heavy atom. The number of nitrogens with zero attached hydrogens (tertiary/aromatic N) is 8. The maximum atomic E-state index is 4.69. The van der Waals surface area contributed by atoms with E-state index in [-0.39, 0.29) is 0 Å². The number of fused-ring (bicyclic) bond motifs is 1. The van der Waals surface area contributed by atoms with E-state index in [2.05, 4.69) is 41.1 Å². The molecule has 1 aliphatic heterocycles. The summed E-state index contributed by atoms with van der Waals surface area (Å²) in [6, 6.07) is 2.22. The van der Waals surface area contributed by atoms with E-state index in [1.807, 2.05) is 24.6 Å². The van der Waals surface area contributed by atoms with Crippen LogP contribution in [-0.2, 0) is 0 Å². The summed E-state index contributed by atoms with van der Waals surface area (Å²) in [4.78, 5) is 13.9. The topological polar surface area (TPSA) is 75.3 Å². The van der Waals surface area contributed by atoms with E-state index < -0.39 is 0 Å². The van der Waals surface area contributed by atoms with Gasteiger partial charge in [0.1, 0.15) is 12.1 Å². The molecule has 3 aromatic heterocycles. The number of piperazine rings is 1. The lowest BCUT2D eigenvalue weighted by molar-refractivity contribution is 0.642. The highest BCUT2D eigenvalue weighted by atomic mass is 15.4. The highest BCUT2D eigenvalue weighted by Crippen LogP contribution is 2.40. The van der Waals surface area contributed by atoms with E-state index in [9.17, 15) is 0 Å².